The van der Waals surface area contributed by atoms with Crippen LogP contribution in [0.4, 0.5) is 5.82 Å². The average Bonchev–Trinajstić information content (AvgIpc) is 2.41. The highest BCUT2D eigenvalue weighted by Crippen LogP contribution is 2.12. The minimum atomic E-state index is -0.678. The Kier molecular flexibility index (Phi) is 5.41. The molecule has 1 aromatic rings. The highest BCUT2D eigenvalue weighted by Gasteiger charge is 2.29. The van der Waals surface area contributed by atoms with Crippen LogP contribution in [-0.4, -0.2) is 35.0 Å². The average molecular weight is 323 g/mol. The molecule has 7 heteroatoms. The van der Waals surface area contributed by atoms with Crippen molar-refractivity contribution in [1.29, 1.82) is 0 Å². The van der Waals surface area contributed by atoms with Crippen molar-refractivity contribution in [2.24, 2.45) is 11.8 Å². The number of carbonyl (C=O) groups excluding carboxylic acids is 1. The van der Waals surface area contributed by atoms with E-state index in [1.54, 1.807) is 0 Å². The van der Waals surface area contributed by atoms with E-state index in [0.717, 1.165) is 13.1 Å². The number of aromatic nitrogens is 2. The lowest BCUT2D eigenvalue weighted by Gasteiger charge is -2.31. The Balaban J connectivity index is 2.27. The quantitative estimate of drug-likeness (QED) is 0.622. The third-order valence-corrected chi connectivity index (χ3v) is 4.46. The Bertz CT molecular complexity index is 682. The summed E-state index contributed by atoms with van der Waals surface area (Å²) >= 11 is 0. The number of quaternary nitrogens is 1. The van der Waals surface area contributed by atoms with Crippen LogP contribution in [0.15, 0.2) is 9.59 Å². The molecule has 2 heterocycles. The normalized spacial score (nSPS) is 24.6. The van der Waals surface area contributed by atoms with Gasteiger partial charge in [-0.1, -0.05) is 20.8 Å². The van der Waals surface area contributed by atoms with E-state index >= 15 is 0 Å². The zero-order valence-electron chi connectivity index (χ0n) is 14.1. The number of hydrogen-bond acceptors (Lipinski definition) is 4. The van der Waals surface area contributed by atoms with Crippen LogP contribution in [0.2, 0.25) is 0 Å². The Morgan fingerprint density at radius 1 is 1.30 bits per heavy atom. The fourth-order valence-corrected chi connectivity index (χ4v) is 3.69. The van der Waals surface area contributed by atoms with E-state index in [9.17, 15) is 14.4 Å². The summed E-state index contributed by atoms with van der Waals surface area (Å²) in [5.74, 6) is 0.825. The van der Waals surface area contributed by atoms with Gasteiger partial charge >= 0.3 is 5.69 Å². The second-order valence-corrected chi connectivity index (χ2v) is 6.88. The van der Waals surface area contributed by atoms with Crippen molar-refractivity contribution in [3.8, 4) is 0 Å². The van der Waals surface area contributed by atoms with E-state index in [4.69, 9.17) is 5.73 Å². The molecule has 23 heavy (non-hydrogen) atoms. The Labute approximate surface area is 135 Å². The summed E-state index contributed by atoms with van der Waals surface area (Å²) in [6, 6.07) is 0. The zero-order valence-corrected chi connectivity index (χ0v) is 14.1. The van der Waals surface area contributed by atoms with Gasteiger partial charge in [-0.2, -0.15) is 0 Å². The summed E-state index contributed by atoms with van der Waals surface area (Å²) < 4.78 is 1.27. The maximum Gasteiger partial charge on any atom is 0.329 e. The second kappa shape index (κ2) is 7.12. The number of Topliss-reactive ketones (excluding diaryl/α,β-unsaturated/α-hetero) is 1. The number of ketones is 1. The van der Waals surface area contributed by atoms with Gasteiger partial charge in [0.15, 0.2) is 0 Å². The third kappa shape index (κ3) is 3.90. The van der Waals surface area contributed by atoms with Gasteiger partial charge in [0, 0.05) is 18.4 Å². The van der Waals surface area contributed by atoms with E-state index < -0.39 is 11.2 Å². The monoisotopic (exact) mass is 323 g/mol. The van der Waals surface area contributed by atoms with Gasteiger partial charge in [-0.3, -0.25) is 19.1 Å². The van der Waals surface area contributed by atoms with Crippen molar-refractivity contribution < 1.29 is 9.69 Å². The highest BCUT2D eigenvalue weighted by molar-refractivity contribution is 6.00. The molecule has 0 aromatic carbocycles. The summed E-state index contributed by atoms with van der Waals surface area (Å²) in [6.45, 7) is 8.73. The molecular weight excluding hydrogens is 296 g/mol. The standard InChI is InChI=1S/C16H26N4O3/c1-4-5-20-14(17)13(15(22)18-16(20)23)12(21)9-19-7-10(2)6-11(3)8-19/h10-11H,4-9,17H2,1-3H3,(H,18,22,23)/p+1/t10-,11-/m0/s1. The van der Waals surface area contributed by atoms with Crippen LogP contribution in [0.3, 0.4) is 0 Å². The topological polar surface area (TPSA) is 102 Å². The van der Waals surface area contributed by atoms with Crippen LogP contribution >= 0.6 is 0 Å². The number of likely N-dealkylation sites (tertiary alicyclic amines) is 1. The van der Waals surface area contributed by atoms with Crippen LogP contribution < -0.4 is 21.9 Å². The maximum absolute atomic E-state index is 12.6. The molecule has 0 spiro atoms. The van der Waals surface area contributed by atoms with E-state index in [2.05, 4.69) is 18.8 Å². The van der Waals surface area contributed by atoms with Gasteiger partial charge < -0.3 is 10.6 Å². The molecule has 1 fully saturated rings. The smallest absolute Gasteiger partial charge is 0.329 e. The first-order valence-electron chi connectivity index (χ1n) is 8.32. The Morgan fingerprint density at radius 3 is 2.48 bits per heavy atom. The number of H-pyrrole nitrogens is 1. The minimum absolute atomic E-state index is 0.0110. The largest absolute Gasteiger partial charge is 0.384 e. The summed E-state index contributed by atoms with van der Waals surface area (Å²) in [7, 11) is 0. The first-order valence-corrected chi connectivity index (χ1v) is 8.32. The minimum Gasteiger partial charge on any atom is -0.384 e. The van der Waals surface area contributed by atoms with E-state index in [1.165, 1.54) is 15.9 Å². The van der Waals surface area contributed by atoms with Crippen molar-refractivity contribution in [3.63, 3.8) is 0 Å². The van der Waals surface area contributed by atoms with Crippen LogP contribution in [0.25, 0.3) is 0 Å². The van der Waals surface area contributed by atoms with Crippen molar-refractivity contribution in [1.82, 2.24) is 9.55 Å². The fourth-order valence-electron chi connectivity index (χ4n) is 3.69. The predicted molar refractivity (Wildman–Crippen MR) is 88.9 cm³/mol. The molecule has 7 nitrogen and oxygen atoms in total. The highest BCUT2D eigenvalue weighted by atomic mass is 16.2. The number of piperidine rings is 1. The molecule has 128 valence electrons. The molecule has 2 rings (SSSR count). The summed E-state index contributed by atoms with van der Waals surface area (Å²) in [6.07, 6.45) is 1.86. The van der Waals surface area contributed by atoms with Gasteiger partial charge in [0.2, 0.25) is 5.78 Å². The molecule has 2 atom stereocenters. The van der Waals surface area contributed by atoms with E-state index in [0.29, 0.717) is 24.8 Å². The molecule has 1 aliphatic rings. The van der Waals surface area contributed by atoms with Gasteiger partial charge in [0.05, 0.1) is 13.1 Å². The van der Waals surface area contributed by atoms with Crippen LogP contribution in [0.5, 0.6) is 0 Å². The number of nitrogen functional groups attached to an aromatic ring is 1. The zero-order chi connectivity index (χ0) is 17.1. The number of rotatable bonds is 5. The fraction of sp³-hybridized carbons (Fsp3) is 0.688. The molecule has 1 aromatic heterocycles. The SMILES string of the molecule is CCCn1c(N)c(C(=O)C[NH+]2C[C@@H](C)C[C@H](C)C2)c(=O)[nH]c1=O. The number of hydrogen-bond donors (Lipinski definition) is 3. The van der Waals surface area contributed by atoms with Gasteiger partial charge in [-0.25, -0.2) is 4.79 Å². The molecule has 0 unspecified atom stereocenters. The Morgan fingerprint density at radius 2 is 1.91 bits per heavy atom. The molecule has 1 aliphatic heterocycles. The van der Waals surface area contributed by atoms with Gasteiger partial charge in [-0.15, -0.1) is 0 Å². The van der Waals surface area contributed by atoms with E-state index in [-0.39, 0.29) is 23.7 Å². The number of anilines is 1. The van der Waals surface area contributed by atoms with Crippen molar-refractivity contribution in [3.05, 3.63) is 26.4 Å². The number of nitrogens with one attached hydrogen (secondary N) is 2. The molecular formula is C16H27N4O3+. The van der Waals surface area contributed by atoms with Gasteiger partial charge in [-0.05, 0) is 12.8 Å². The number of nitrogens with zero attached hydrogens (tertiary/aromatic N) is 1. The third-order valence-electron chi connectivity index (χ3n) is 4.46. The van der Waals surface area contributed by atoms with Gasteiger partial charge in [0.1, 0.15) is 17.9 Å². The summed E-state index contributed by atoms with van der Waals surface area (Å²) in [5, 5.41) is 0. The van der Waals surface area contributed by atoms with Crippen LogP contribution in [0, 0.1) is 11.8 Å². The molecule has 0 aliphatic carbocycles. The first kappa shape index (κ1) is 17.5. The van der Waals surface area contributed by atoms with Crippen LogP contribution in [-0.2, 0) is 6.54 Å². The number of carbonyl (C=O) groups is 1. The summed E-state index contributed by atoms with van der Waals surface area (Å²) in [5.41, 5.74) is 4.64. The Hall–Kier alpha value is -1.89. The molecule has 0 radical (unpaired) electrons. The molecule has 0 amide bonds. The van der Waals surface area contributed by atoms with Crippen molar-refractivity contribution in [2.45, 2.75) is 40.2 Å². The molecule has 0 saturated carbocycles. The van der Waals surface area contributed by atoms with Crippen molar-refractivity contribution in [2.75, 3.05) is 25.4 Å². The van der Waals surface area contributed by atoms with Crippen molar-refractivity contribution >= 4 is 11.6 Å². The van der Waals surface area contributed by atoms with Crippen LogP contribution in [0.1, 0.15) is 44.0 Å². The summed E-state index contributed by atoms with van der Waals surface area (Å²) in [4.78, 5) is 39.8. The lowest BCUT2D eigenvalue weighted by molar-refractivity contribution is -0.903. The predicted octanol–water partition coefficient (Wildman–Crippen LogP) is -0.728. The first-order chi connectivity index (χ1) is 10.8. The second-order valence-electron chi connectivity index (χ2n) is 6.88. The van der Waals surface area contributed by atoms with E-state index in [1.807, 2.05) is 6.92 Å². The number of aromatic amines is 1. The lowest BCUT2D eigenvalue weighted by atomic mass is 9.91. The lowest BCUT2D eigenvalue weighted by Crippen LogP contribution is -3.15. The molecule has 0 bridgehead atoms. The maximum atomic E-state index is 12.6. The molecule has 4 N–H and O–H groups in total. The van der Waals surface area contributed by atoms with Gasteiger partial charge in [0.25, 0.3) is 5.56 Å². The molecule has 1 saturated heterocycles. The number of nitrogens with two attached hydrogens (primary N) is 1.